The quantitative estimate of drug-likeness (QED) is 0.682. The lowest BCUT2D eigenvalue weighted by atomic mass is 9.97. The molecule has 28 heavy (non-hydrogen) atoms. The number of rotatable bonds is 3. The molecule has 140 valence electrons. The van der Waals surface area contributed by atoms with E-state index in [1.54, 1.807) is 29.4 Å². The first-order valence-electron chi connectivity index (χ1n) is 9.91. The number of amides is 1. The van der Waals surface area contributed by atoms with Crippen molar-refractivity contribution in [3.05, 3.63) is 77.9 Å². The topological polar surface area (TPSA) is 42.4 Å². The molecule has 1 amide bonds. The van der Waals surface area contributed by atoms with Gasteiger partial charge < -0.3 is 9.64 Å². The second kappa shape index (κ2) is 6.75. The largest absolute Gasteiger partial charge is 0.487 e. The van der Waals surface area contributed by atoms with Crippen molar-refractivity contribution in [2.24, 2.45) is 5.92 Å². The smallest absolute Gasteiger partial charge is 0.230 e. The van der Waals surface area contributed by atoms with Crippen LogP contribution >= 0.6 is 0 Å². The third kappa shape index (κ3) is 2.93. The zero-order valence-corrected chi connectivity index (χ0v) is 15.1. The van der Waals surface area contributed by atoms with E-state index in [2.05, 4.69) is 4.98 Å². The van der Waals surface area contributed by atoms with Crippen molar-refractivity contribution in [2.75, 3.05) is 11.4 Å². The monoisotopic (exact) mass is 375 g/mol. The molecule has 0 saturated carbocycles. The lowest BCUT2D eigenvalue weighted by molar-refractivity contribution is -0.120. The molecule has 5 heteroatoms. The SMILES string of the molecule is [2H]C1Oc2cnccc2-c2ccc(N3CCC(Cc4ccc(F)cc4)C3=O)cc21. The van der Waals surface area contributed by atoms with Crippen molar-refractivity contribution in [1.82, 2.24) is 4.98 Å². The van der Waals surface area contributed by atoms with Crippen LogP contribution in [-0.2, 0) is 17.8 Å². The Labute approximate surface area is 164 Å². The fraction of sp³-hybridized carbons (Fsp3) is 0.217. The predicted molar refractivity (Wildman–Crippen MR) is 105 cm³/mol. The highest BCUT2D eigenvalue weighted by Gasteiger charge is 2.33. The minimum absolute atomic E-state index is 0.0668. The van der Waals surface area contributed by atoms with E-state index in [0.717, 1.165) is 34.4 Å². The number of carbonyl (C=O) groups is 1. The van der Waals surface area contributed by atoms with E-state index < -0.39 is 6.58 Å². The van der Waals surface area contributed by atoms with E-state index >= 15 is 0 Å². The fourth-order valence-electron chi connectivity index (χ4n) is 3.97. The van der Waals surface area contributed by atoms with Gasteiger partial charge in [-0.25, -0.2) is 4.39 Å². The maximum absolute atomic E-state index is 13.1. The van der Waals surface area contributed by atoms with Crippen LogP contribution in [0.4, 0.5) is 10.1 Å². The Bertz CT molecular complexity index is 1090. The van der Waals surface area contributed by atoms with E-state index in [9.17, 15) is 9.18 Å². The number of hydrogen-bond acceptors (Lipinski definition) is 3. The van der Waals surface area contributed by atoms with Crippen LogP contribution in [-0.4, -0.2) is 17.4 Å². The molecular weight excluding hydrogens is 355 g/mol. The molecule has 3 heterocycles. The molecule has 2 atom stereocenters. The third-order valence-corrected chi connectivity index (χ3v) is 5.45. The van der Waals surface area contributed by atoms with Gasteiger partial charge in [0.15, 0.2) is 0 Å². The molecular formula is C23H19FN2O2. The highest BCUT2D eigenvalue weighted by atomic mass is 19.1. The fourth-order valence-corrected chi connectivity index (χ4v) is 3.97. The Hall–Kier alpha value is -3.21. The molecule has 1 fully saturated rings. The molecule has 2 aliphatic heterocycles. The molecule has 0 spiro atoms. The summed E-state index contributed by atoms with van der Waals surface area (Å²) in [5.74, 6) is 0.277. The zero-order valence-electron chi connectivity index (χ0n) is 16.1. The van der Waals surface area contributed by atoms with Crippen molar-refractivity contribution in [3.8, 4) is 16.9 Å². The maximum atomic E-state index is 13.1. The minimum Gasteiger partial charge on any atom is -0.487 e. The van der Waals surface area contributed by atoms with Crippen LogP contribution in [0.25, 0.3) is 11.1 Å². The number of hydrogen-bond donors (Lipinski definition) is 0. The van der Waals surface area contributed by atoms with Crippen molar-refractivity contribution in [1.29, 1.82) is 0 Å². The van der Waals surface area contributed by atoms with Crippen LogP contribution in [0.1, 0.15) is 18.9 Å². The highest BCUT2D eigenvalue weighted by molar-refractivity contribution is 5.97. The molecule has 0 radical (unpaired) electrons. The van der Waals surface area contributed by atoms with Crippen LogP contribution in [0.3, 0.4) is 0 Å². The van der Waals surface area contributed by atoms with E-state index in [4.69, 9.17) is 6.11 Å². The Morgan fingerprint density at radius 1 is 1.18 bits per heavy atom. The molecule has 2 unspecified atom stereocenters. The highest BCUT2D eigenvalue weighted by Crippen LogP contribution is 2.39. The lowest BCUT2D eigenvalue weighted by Crippen LogP contribution is -2.28. The molecule has 4 nitrogen and oxygen atoms in total. The van der Waals surface area contributed by atoms with Gasteiger partial charge in [0.1, 0.15) is 18.1 Å². The van der Waals surface area contributed by atoms with Gasteiger partial charge >= 0.3 is 0 Å². The normalized spacial score (nSPS) is 21.0. The van der Waals surface area contributed by atoms with E-state index in [1.165, 1.54) is 12.1 Å². The minimum atomic E-state index is -0.852. The first kappa shape index (κ1) is 15.8. The van der Waals surface area contributed by atoms with Gasteiger partial charge in [-0.15, -0.1) is 0 Å². The number of carbonyl (C=O) groups excluding carboxylic acids is 1. The lowest BCUT2D eigenvalue weighted by Gasteiger charge is -2.23. The second-order valence-electron chi connectivity index (χ2n) is 7.19. The average Bonchev–Trinajstić information content (AvgIpc) is 3.10. The van der Waals surface area contributed by atoms with Gasteiger partial charge in [0, 0.05) is 29.9 Å². The molecule has 0 bridgehead atoms. The number of fused-ring (bicyclic) bond motifs is 3. The summed E-state index contributed by atoms with van der Waals surface area (Å²) in [6.07, 6.45) is 4.68. The van der Waals surface area contributed by atoms with Gasteiger partial charge in [-0.05, 0) is 59.9 Å². The molecule has 5 rings (SSSR count). The number of halogens is 1. The summed E-state index contributed by atoms with van der Waals surface area (Å²) in [7, 11) is 0. The van der Waals surface area contributed by atoms with Crippen LogP contribution in [0.15, 0.2) is 60.9 Å². The number of ether oxygens (including phenoxy) is 1. The van der Waals surface area contributed by atoms with Crippen LogP contribution < -0.4 is 9.64 Å². The summed E-state index contributed by atoms with van der Waals surface area (Å²) >= 11 is 0. The van der Waals surface area contributed by atoms with Gasteiger partial charge in [-0.3, -0.25) is 9.78 Å². The Balaban J connectivity index is 1.40. The summed E-state index contributed by atoms with van der Waals surface area (Å²) in [6, 6.07) is 14.0. The Morgan fingerprint density at radius 2 is 2.04 bits per heavy atom. The Kier molecular flexibility index (Phi) is 3.81. The first-order valence-corrected chi connectivity index (χ1v) is 9.33. The van der Waals surface area contributed by atoms with Gasteiger partial charge in [0.2, 0.25) is 5.91 Å². The van der Waals surface area contributed by atoms with Crippen LogP contribution in [0.2, 0.25) is 0 Å². The molecule has 2 aliphatic rings. The number of benzene rings is 2. The van der Waals surface area contributed by atoms with Crippen molar-refractivity contribution >= 4 is 11.6 Å². The zero-order chi connectivity index (χ0) is 20.0. The summed E-state index contributed by atoms with van der Waals surface area (Å²) < 4.78 is 27.1. The predicted octanol–water partition coefficient (Wildman–Crippen LogP) is 4.38. The van der Waals surface area contributed by atoms with E-state index in [1.807, 2.05) is 24.3 Å². The molecule has 1 saturated heterocycles. The molecule has 0 N–H and O–H groups in total. The maximum Gasteiger partial charge on any atom is 0.230 e. The van der Waals surface area contributed by atoms with Gasteiger partial charge in [0.05, 0.1) is 7.57 Å². The van der Waals surface area contributed by atoms with Crippen molar-refractivity contribution < 1.29 is 15.3 Å². The molecule has 1 aromatic heterocycles. The van der Waals surface area contributed by atoms with Crippen molar-refractivity contribution in [3.63, 3.8) is 0 Å². The number of anilines is 1. The number of pyridine rings is 1. The molecule has 0 aliphatic carbocycles. The molecule has 2 aromatic carbocycles. The van der Waals surface area contributed by atoms with Crippen molar-refractivity contribution in [2.45, 2.75) is 19.4 Å². The van der Waals surface area contributed by atoms with Crippen LogP contribution in [0, 0.1) is 11.7 Å². The van der Waals surface area contributed by atoms with Crippen LogP contribution in [0.5, 0.6) is 5.75 Å². The van der Waals surface area contributed by atoms with E-state index in [0.29, 0.717) is 18.7 Å². The third-order valence-electron chi connectivity index (χ3n) is 5.45. The van der Waals surface area contributed by atoms with Gasteiger partial charge in [-0.2, -0.15) is 0 Å². The summed E-state index contributed by atoms with van der Waals surface area (Å²) in [5, 5.41) is 0. The summed E-state index contributed by atoms with van der Waals surface area (Å²) in [5.41, 5.74) is 4.34. The standard InChI is InChI=1S/C23H19FN2O2/c24-18-3-1-15(2-4-18)11-16-8-10-26(23(16)27)19-5-6-20-17(12-19)14-28-22-13-25-9-7-21(20)22/h1-7,9,12-13,16H,8,10-11,14H2/i14D. The number of aromatic nitrogens is 1. The molecule has 3 aromatic rings. The van der Waals surface area contributed by atoms with Gasteiger partial charge in [-0.1, -0.05) is 18.2 Å². The first-order chi connectivity index (χ1) is 14.1. The number of nitrogens with zero attached hydrogens (tertiary/aromatic N) is 2. The average molecular weight is 375 g/mol. The summed E-state index contributed by atoms with van der Waals surface area (Å²) in [4.78, 5) is 18.8. The Morgan fingerprint density at radius 3 is 2.89 bits per heavy atom. The second-order valence-corrected chi connectivity index (χ2v) is 7.19. The van der Waals surface area contributed by atoms with Gasteiger partial charge in [0.25, 0.3) is 0 Å². The van der Waals surface area contributed by atoms with E-state index in [-0.39, 0.29) is 17.6 Å². The summed E-state index contributed by atoms with van der Waals surface area (Å²) in [6.45, 7) is -0.220.